The van der Waals surface area contributed by atoms with E-state index < -0.39 is 42.5 Å². The number of aliphatic imine (C=N–C) groups is 1. The number of benzene rings is 3. The van der Waals surface area contributed by atoms with Crippen molar-refractivity contribution >= 4 is 46.1 Å². The number of esters is 2. The van der Waals surface area contributed by atoms with E-state index in [1.54, 1.807) is 30.3 Å². The van der Waals surface area contributed by atoms with Crippen LogP contribution in [0.4, 0.5) is 5.69 Å². The molecule has 1 aliphatic heterocycles. The van der Waals surface area contributed by atoms with Gasteiger partial charge in [-0.25, -0.2) is 14.5 Å². The Balaban J connectivity index is 1.34. The minimum atomic E-state index is -1.35. The average molecular weight is 651 g/mol. The van der Waals surface area contributed by atoms with Crippen LogP contribution in [0.5, 0.6) is 5.75 Å². The zero-order chi connectivity index (χ0) is 33.8. The second kappa shape index (κ2) is 13.6. The minimum Gasteiger partial charge on any atom is -0.508 e. The molecule has 14 nitrogen and oxygen atoms in total. The minimum absolute atomic E-state index is 0.0218. The summed E-state index contributed by atoms with van der Waals surface area (Å²) >= 11 is 0. The maximum absolute atomic E-state index is 14.3. The summed E-state index contributed by atoms with van der Waals surface area (Å²) in [5.41, 5.74) is 3.48. The molecule has 0 aliphatic carbocycles. The number of fused-ring (bicyclic) bond motifs is 2. The van der Waals surface area contributed by atoms with Crippen molar-refractivity contribution < 1.29 is 38.2 Å². The van der Waals surface area contributed by atoms with Gasteiger partial charge in [-0.05, 0) is 18.2 Å². The highest BCUT2D eigenvalue weighted by Gasteiger charge is 2.37. The molecule has 14 heteroatoms. The maximum atomic E-state index is 14.3. The third kappa shape index (κ3) is 6.35. The van der Waals surface area contributed by atoms with Gasteiger partial charge in [0.05, 0.1) is 50.2 Å². The monoisotopic (exact) mass is 650 g/mol. The van der Waals surface area contributed by atoms with Gasteiger partial charge in [0.15, 0.2) is 0 Å². The van der Waals surface area contributed by atoms with Crippen molar-refractivity contribution in [1.82, 2.24) is 20.3 Å². The number of methoxy groups -OCH3 is 2. The third-order valence-corrected chi connectivity index (χ3v) is 7.86. The summed E-state index contributed by atoms with van der Waals surface area (Å²) in [6, 6.07) is 19.7. The lowest BCUT2D eigenvalue weighted by Gasteiger charge is -2.24. The fourth-order valence-electron chi connectivity index (χ4n) is 5.55. The molecule has 0 bridgehead atoms. The molecule has 2 amide bonds. The van der Waals surface area contributed by atoms with E-state index >= 15 is 0 Å². The van der Waals surface area contributed by atoms with E-state index in [2.05, 4.69) is 15.6 Å². The lowest BCUT2D eigenvalue weighted by Crippen LogP contribution is -2.44. The number of anilines is 1. The van der Waals surface area contributed by atoms with Gasteiger partial charge in [-0.3, -0.25) is 19.3 Å². The number of phenols is 1. The summed E-state index contributed by atoms with van der Waals surface area (Å²) in [4.78, 5) is 59.1. The molecule has 0 spiro atoms. The number of amides is 2. The molecule has 3 heterocycles. The molecule has 3 aromatic carbocycles. The molecule has 0 saturated carbocycles. The highest BCUT2D eigenvalue weighted by Crippen LogP contribution is 2.32. The molecule has 1 unspecified atom stereocenters. The van der Waals surface area contributed by atoms with Crippen molar-refractivity contribution in [1.29, 1.82) is 0 Å². The number of furan rings is 1. The Kier molecular flexibility index (Phi) is 8.96. The average Bonchev–Trinajstić information content (AvgIpc) is 3.70. The molecule has 244 valence electrons. The van der Waals surface area contributed by atoms with Gasteiger partial charge in [-0.15, -0.1) is 5.10 Å². The van der Waals surface area contributed by atoms with Gasteiger partial charge in [-0.1, -0.05) is 53.7 Å². The number of hydrogen-bond donors (Lipinski definition) is 2. The second-order valence-corrected chi connectivity index (χ2v) is 10.9. The van der Waals surface area contributed by atoms with Gasteiger partial charge >= 0.3 is 11.9 Å². The van der Waals surface area contributed by atoms with Crippen LogP contribution in [0.3, 0.4) is 0 Å². The van der Waals surface area contributed by atoms with Crippen molar-refractivity contribution in [3.05, 3.63) is 108 Å². The predicted molar refractivity (Wildman–Crippen MR) is 171 cm³/mol. The van der Waals surface area contributed by atoms with E-state index in [1.165, 1.54) is 48.4 Å². The highest BCUT2D eigenvalue weighted by molar-refractivity contribution is 6.20. The quantitative estimate of drug-likeness (QED) is 0.214. The first-order valence-electron chi connectivity index (χ1n) is 14.8. The number of ether oxygens (including phenoxy) is 2. The van der Waals surface area contributed by atoms with Crippen LogP contribution in [0.15, 0.2) is 94.7 Å². The van der Waals surface area contributed by atoms with Crippen molar-refractivity contribution in [2.45, 2.75) is 25.0 Å². The Morgan fingerprint density at radius 3 is 2.56 bits per heavy atom. The summed E-state index contributed by atoms with van der Waals surface area (Å²) in [6.07, 6.45) is 1.14. The number of aromatic nitrogens is 3. The first kappa shape index (κ1) is 31.7. The Hall–Kier alpha value is -6.31. The van der Waals surface area contributed by atoms with Crippen LogP contribution in [-0.2, 0) is 41.5 Å². The van der Waals surface area contributed by atoms with E-state index in [4.69, 9.17) is 18.9 Å². The Morgan fingerprint density at radius 1 is 1.02 bits per heavy atom. The number of para-hydroxylation sites is 1. The van der Waals surface area contributed by atoms with Gasteiger partial charge < -0.3 is 24.3 Å². The first-order chi connectivity index (χ1) is 23.3. The Morgan fingerprint density at radius 2 is 1.79 bits per heavy atom. The Labute approximate surface area is 273 Å². The molecule has 1 aliphatic rings. The van der Waals surface area contributed by atoms with E-state index in [-0.39, 0.29) is 24.3 Å². The molecule has 2 atom stereocenters. The second-order valence-electron chi connectivity index (χ2n) is 10.9. The summed E-state index contributed by atoms with van der Waals surface area (Å²) in [5.74, 6) is -2.46. The molecule has 0 saturated heterocycles. The van der Waals surface area contributed by atoms with Crippen molar-refractivity contribution in [3.8, 4) is 5.75 Å². The lowest BCUT2D eigenvalue weighted by atomic mass is 10.0. The number of benzodiazepines with no additional fused rings is 1. The maximum Gasteiger partial charge on any atom is 0.328 e. The molecule has 5 aromatic rings. The van der Waals surface area contributed by atoms with Gasteiger partial charge in [0.25, 0.3) is 5.91 Å². The highest BCUT2D eigenvalue weighted by atomic mass is 16.5. The largest absolute Gasteiger partial charge is 0.508 e. The van der Waals surface area contributed by atoms with Gasteiger partial charge in [0, 0.05) is 34.6 Å². The number of nitrogens with one attached hydrogen (secondary N) is 1. The fourth-order valence-corrected chi connectivity index (χ4v) is 5.55. The molecule has 2 aromatic heterocycles. The smallest absolute Gasteiger partial charge is 0.328 e. The summed E-state index contributed by atoms with van der Waals surface area (Å²) in [5, 5.41) is 21.3. The van der Waals surface area contributed by atoms with Crippen molar-refractivity contribution in [2.24, 2.45) is 4.99 Å². The van der Waals surface area contributed by atoms with Crippen LogP contribution in [0.25, 0.3) is 11.0 Å². The zero-order valence-electron chi connectivity index (χ0n) is 25.9. The van der Waals surface area contributed by atoms with Crippen LogP contribution in [0.2, 0.25) is 0 Å². The molecule has 0 fully saturated rings. The molecule has 0 radical (unpaired) electrons. The molecule has 2 N–H and O–H groups in total. The molecule has 48 heavy (non-hydrogen) atoms. The summed E-state index contributed by atoms with van der Waals surface area (Å²) in [7, 11) is 2.43. The van der Waals surface area contributed by atoms with Gasteiger partial charge in [-0.2, -0.15) is 0 Å². The zero-order valence-corrected chi connectivity index (χ0v) is 25.9. The first-order valence-corrected chi connectivity index (χ1v) is 14.8. The number of carbonyl (C=O) groups excluding carboxylic acids is 4. The van der Waals surface area contributed by atoms with Crippen LogP contribution < -0.4 is 10.2 Å². The van der Waals surface area contributed by atoms with Gasteiger partial charge in [0.1, 0.15) is 23.9 Å². The van der Waals surface area contributed by atoms with E-state index in [9.17, 15) is 24.3 Å². The molecular weight excluding hydrogens is 620 g/mol. The third-order valence-electron chi connectivity index (χ3n) is 7.86. The van der Waals surface area contributed by atoms with Crippen molar-refractivity contribution in [3.63, 3.8) is 0 Å². The van der Waals surface area contributed by atoms with Crippen LogP contribution in [0.1, 0.15) is 28.6 Å². The van der Waals surface area contributed by atoms with E-state index in [0.29, 0.717) is 39.1 Å². The molecule has 6 rings (SSSR count). The number of phenolic OH excluding ortho intramolecular Hbond substituents is 1. The summed E-state index contributed by atoms with van der Waals surface area (Å²) in [6.45, 7) is -0.395. The fraction of sp³-hybridized carbons (Fsp3) is 0.206. The van der Waals surface area contributed by atoms with E-state index in [1.807, 2.05) is 30.3 Å². The number of aromatic hydroxyl groups is 1. The number of nitrogens with zero attached hydrogens (tertiary/aromatic N) is 5. The standard InChI is InChI=1S/C34H30N6O8/c1-46-30(43)18-39-27-11-7-6-10-25(27)31(20-8-4-3-5-9-20)37-32(33(39)44)40-22(17-35-38-40)15-26(34(45)47-2)36-29(42)14-21-19-48-28-16-23(41)12-13-24(21)28/h3-13,16-17,19,26,32,41H,14-15,18H2,1-2H3,(H,36,42)/t26-,32?/m1/s1. The SMILES string of the molecule is COC(=O)CN1C(=O)C(n2nncc2C[C@@H](NC(=O)Cc2coc3cc(O)ccc23)C(=O)OC)N=C(c2ccccc2)c2ccccc21. The lowest BCUT2D eigenvalue weighted by molar-refractivity contribution is -0.145. The summed E-state index contributed by atoms with van der Waals surface area (Å²) < 4.78 is 16.6. The topological polar surface area (TPSA) is 178 Å². The normalized spacial score (nSPS) is 14.9. The number of rotatable bonds is 10. The van der Waals surface area contributed by atoms with E-state index in [0.717, 1.165) is 0 Å². The van der Waals surface area contributed by atoms with Crippen LogP contribution in [-0.4, -0.2) is 76.4 Å². The Bertz CT molecular complexity index is 2040. The predicted octanol–water partition coefficient (Wildman–Crippen LogP) is 2.73. The van der Waals surface area contributed by atoms with Gasteiger partial charge in [0.2, 0.25) is 12.1 Å². The number of carbonyl (C=O) groups is 4. The van der Waals surface area contributed by atoms with Crippen molar-refractivity contribution in [2.75, 3.05) is 25.7 Å². The van der Waals surface area contributed by atoms with Crippen LogP contribution in [0, 0.1) is 0 Å². The van der Waals surface area contributed by atoms with Crippen LogP contribution >= 0.6 is 0 Å². The number of hydrogen-bond acceptors (Lipinski definition) is 11. The molecular formula is C34H30N6O8.